The molecule has 0 bridgehead atoms. The van der Waals surface area contributed by atoms with Crippen molar-refractivity contribution in [2.24, 2.45) is 13.0 Å². The van der Waals surface area contributed by atoms with Crippen molar-refractivity contribution in [3.63, 3.8) is 0 Å². The van der Waals surface area contributed by atoms with Gasteiger partial charge in [0.1, 0.15) is 11.5 Å². The van der Waals surface area contributed by atoms with Gasteiger partial charge in [-0.15, -0.1) is 0 Å². The molecular weight excluding hydrogens is 399 g/mol. The number of amides is 1. The fourth-order valence-electron chi connectivity index (χ4n) is 4.00. The average Bonchev–Trinajstić information content (AvgIpc) is 3.37. The van der Waals surface area contributed by atoms with E-state index in [0.29, 0.717) is 25.3 Å². The molecule has 2 fully saturated rings. The number of nitrogens with zero attached hydrogens (tertiary/aromatic N) is 3. The normalized spacial score (nSPS) is 21.0. The zero-order chi connectivity index (χ0) is 21.2. The summed E-state index contributed by atoms with van der Waals surface area (Å²) in [6, 6.07) is 4.95. The van der Waals surface area contributed by atoms with Gasteiger partial charge in [-0.2, -0.15) is 5.10 Å². The standard InChI is InChI=1S/C21H18F3N3O3/c1-26-7-10-2-12(30-13-4-17(22)19(24)18(23)5-13)3-15(20(10)25-26)14-6-16(14)21(29)27-8-11(28)9-27/h2-5,7,11,14,16,28H,6,8-9H2,1H3/t14?,16-/m1/s1. The Bertz CT molecular complexity index is 1150. The average molecular weight is 417 g/mol. The summed E-state index contributed by atoms with van der Waals surface area (Å²) in [5.41, 5.74) is 1.54. The van der Waals surface area contributed by atoms with E-state index in [1.807, 2.05) is 0 Å². The molecule has 0 spiro atoms. The van der Waals surface area contributed by atoms with Crippen LogP contribution in [0.2, 0.25) is 0 Å². The number of carbonyl (C=O) groups is 1. The molecule has 30 heavy (non-hydrogen) atoms. The molecule has 1 aromatic heterocycles. The molecule has 0 radical (unpaired) electrons. The third-order valence-electron chi connectivity index (χ3n) is 5.60. The van der Waals surface area contributed by atoms with Gasteiger partial charge < -0.3 is 14.7 Å². The van der Waals surface area contributed by atoms with Crippen molar-refractivity contribution >= 4 is 16.8 Å². The molecule has 1 unspecified atom stereocenters. The fraction of sp³-hybridized carbons (Fsp3) is 0.333. The summed E-state index contributed by atoms with van der Waals surface area (Å²) in [4.78, 5) is 14.2. The Morgan fingerprint density at radius 3 is 2.47 bits per heavy atom. The van der Waals surface area contributed by atoms with Crippen LogP contribution in [0.4, 0.5) is 13.2 Å². The Balaban J connectivity index is 1.46. The monoisotopic (exact) mass is 417 g/mol. The predicted octanol–water partition coefficient (Wildman–Crippen LogP) is 3.09. The van der Waals surface area contributed by atoms with Gasteiger partial charge in [0.2, 0.25) is 5.91 Å². The number of halogens is 3. The molecular formula is C21H18F3N3O3. The number of aliphatic hydroxyl groups is 1. The molecule has 1 aliphatic heterocycles. The number of β-amino-alcohol motifs (C(OH)–C–C–N with tert-alkyl or cyclic N) is 1. The highest BCUT2D eigenvalue weighted by Crippen LogP contribution is 2.51. The number of fused-ring (bicyclic) bond motifs is 1. The van der Waals surface area contributed by atoms with Gasteiger partial charge in [0.15, 0.2) is 17.5 Å². The van der Waals surface area contributed by atoms with Crippen LogP contribution >= 0.6 is 0 Å². The maximum Gasteiger partial charge on any atom is 0.226 e. The first-order valence-corrected chi connectivity index (χ1v) is 9.56. The van der Waals surface area contributed by atoms with Gasteiger partial charge in [0.25, 0.3) is 0 Å². The van der Waals surface area contributed by atoms with Crippen molar-refractivity contribution in [1.29, 1.82) is 0 Å². The van der Waals surface area contributed by atoms with Crippen molar-refractivity contribution in [2.45, 2.75) is 18.4 Å². The van der Waals surface area contributed by atoms with E-state index in [-0.39, 0.29) is 23.5 Å². The van der Waals surface area contributed by atoms with Crippen LogP contribution in [0.25, 0.3) is 10.9 Å². The molecule has 9 heteroatoms. The van der Waals surface area contributed by atoms with E-state index < -0.39 is 23.6 Å². The second-order valence-electron chi connectivity index (χ2n) is 7.90. The summed E-state index contributed by atoms with van der Waals surface area (Å²) >= 11 is 0. The highest BCUT2D eigenvalue weighted by atomic mass is 19.2. The van der Waals surface area contributed by atoms with E-state index >= 15 is 0 Å². The number of hydrogen-bond donors (Lipinski definition) is 1. The number of rotatable bonds is 4. The lowest BCUT2D eigenvalue weighted by Gasteiger charge is -2.36. The van der Waals surface area contributed by atoms with E-state index in [1.165, 1.54) is 0 Å². The number of aryl methyl sites for hydroxylation is 1. The third-order valence-corrected chi connectivity index (χ3v) is 5.60. The van der Waals surface area contributed by atoms with Gasteiger partial charge in [-0.05, 0) is 30.0 Å². The topological polar surface area (TPSA) is 67.6 Å². The first kappa shape index (κ1) is 18.9. The van der Waals surface area contributed by atoms with E-state index in [2.05, 4.69) is 5.10 Å². The summed E-state index contributed by atoms with van der Waals surface area (Å²) in [5, 5.41) is 14.7. The number of likely N-dealkylation sites (tertiary alicyclic amines) is 1. The molecule has 156 valence electrons. The molecule has 2 heterocycles. The quantitative estimate of drug-likeness (QED) is 0.663. The molecule has 2 atom stereocenters. The number of hydrogen-bond acceptors (Lipinski definition) is 4. The minimum atomic E-state index is -1.55. The Morgan fingerprint density at radius 1 is 1.13 bits per heavy atom. The first-order chi connectivity index (χ1) is 14.3. The first-order valence-electron chi connectivity index (χ1n) is 9.56. The van der Waals surface area contributed by atoms with Crippen LogP contribution in [-0.2, 0) is 11.8 Å². The zero-order valence-corrected chi connectivity index (χ0v) is 16.0. The van der Waals surface area contributed by atoms with Crippen molar-refractivity contribution in [2.75, 3.05) is 13.1 Å². The number of ether oxygens (including phenoxy) is 1. The van der Waals surface area contributed by atoms with Gasteiger partial charge in [0, 0.05) is 49.8 Å². The van der Waals surface area contributed by atoms with E-state index in [9.17, 15) is 23.1 Å². The van der Waals surface area contributed by atoms with Crippen LogP contribution in [0.3, 0.4) is 0 Å². The van der Waals surface area contributed by atoms with Crippen LogP contribution in [-0.4, -0.2) is 44.9 Å². The van der Waals surface area contributed by atoms with E-state index in [1.54, 1.807) is 35.0 Å². The fourth-order valence-corrected chi connectivity index (χ4v) is 4.00. The van der Waals surface area contributed by atoms with Crippen LogP contribution in [0.1, 0.15) is 17.9 Å². The number of aromatic nitrogens is 2. The molecule has 1 saturated carbocycles. The maximum atomic E-state index is 13.5. The Kier molecular flexibility index (Phi) is 4.25. The van der Waals surface area contributed by atoms with Crippen molar-refractivity contribution < 1.29 is 27.8 Å². The second kappa shape index (κ2) is 6.73. The molecule has 5 rings (SSSR count). The summed E-state index contributed by atoms with van der Waals surface area (Å²) in [6.45, 7) is 0.706. The summed E-state index contributed by atoms with van der Waals surface area (Å²) in [5.74, 6) is -4.33. The van der Waals surface area contributed by atoms with Gasteiger partial charge >= 0.3 is 0 Å². The minimum absolute atomic E-state index is 0.00313. The summed E-state index contributed by atoms with van der Waals surface area (Å²) in [7, 11) is 1.77. The van der Waals surface area contributed by atoms with Gasteiger partial charge in [-0.1, -0.05) is 0 Å². The van der Waals surface area contributed by atoms with Crippen molar-refractivity contribution in [3.05, 3.63) is 53.5 Å². The second-order valence-corrected chi connectivity index (χ2v) is 7.90. The minimum Gasteiger partial charge on any atom is -0.457 e. The van der Waals surface area contributed by atoms with Crippen molar-refractivity contribution in [3.8, 4) is 11.5 Å². The van der Waals surface area contributed by atoms with Crippen LogP contribution in [0, 0.1) is 23.4 Å². The zero-order valence-electron chi connectivity index (χ0n) is 16.0. The maximum absolute atomic E-state index is 13.5. The number of benzene rings is 2. The lowest BCUT2D eigenvalue weighted by Crippen LogP contribution is -2.54. The number of carbonyl (C=O) groups excluding carboxylic acids is 1. The number of aliphatic hydroxyl groups excluding tert-OH is 1. The SMILES string of the molecule is Cn1cc2cc(Oc3cc(F)c(F)c(F)c3)cc(C3C[C@H]3C(=O)N3CC(O)C3)c2n1. The Morgan fingerprint density at radius 2 is 1.80 bits per heavy atom. The third kappa shape index (κ3) is 3.19. The smallest absolute Gasteiger partial charge is 0.226 e. The summed E-state index contributed by atoms with van der Waals surface area (Å²) < 4.78 is 47.5. The van der Waals surface area contributed by atoms with Crippen LogP contribution in [0.5, 0.6) is 11.5 Å². The highest BCUT2D eigenvalue weighted by Gasteiger charge is 2.48. The Labute approximate surface area is 169 Å². The lowest BCUT2D eigenvalue weighted by atomic mass is 10.0. The van der Waals surface area contributed by atoms with E-state index in [0.717, 1.165) is 28.6 Å². The predicted molar refractivity (Wildman–Crippen MR) is 101 cm³/mol. The molecule has 1 aliphatic carbocycles. The molecule has 1 saturated heterocycles. The Hall–Kier alpha value is -3.07. The van der Waals surface area contributed by atoms with Crippen LogP contribution in [0.15, 0.2) is 30.5 Å². The molecule has 6 nitrogen and oxygen atoms in total. The van der Waals surface area contributed by atoms with Gasteiger partial charge in [-0.25, -0.2) is 13.2 Å². The summed E-state index contributed by atoms with van der Waals surface area (Å²) in [6.07, 6.45) is 1.98. The molecule has 1 amide bonds. The molecule has 1 N–H and O–H groups in total. The highest BCUT2D eigenvalue weighted by molar-refractivity contribution is 5.88. The largest absolute Gasteiger partial charge is 0.457 e. The van der Waals surface area contributed by atoms with Gasteiger partial charge in [0.05, 0.1) is 11.6 Å². The van der Waals surface area contributed by atoms with E-state index in [4.69, 9.17) is 4.74 Å². The van der Waals surface area contributed by atoms with Crippen molar-refractivity contribution in [1.82, 2.24) is 14.7 Å². The molecule has 2 aromatic carbocycles. The van der Waals surface area contributed by atoms with Gasteiger partial charge in [-0.3, -0.25) is 9.48 Å². The molecule has 2 aliphatic rings. The molecule has 3 aromatic rings. The van der Waals surface area contributed by atoms with Crippen LogP contribution < -0.4 is 4.74 Å². The lowest BCUT2D eigenvalue weighted by molar-refractivity contribution is -0.142.